The normalized spacial score (nSPS) is 10.3. The van der Waals surface area contributed by atoms with Crippen molar-refractivity contribution in [3.05, 3.63) is 52.0 Å². The van der Waals surface area contributed by atoms with Crippen LogP contribution in [0, 0.1) is 6.92 Å². The van der Waals surface area contributed by atoms with Crippen molar-refractivity contribution >= 4 is 29.2 Å². The van der Waals surface area contributed by atoms with E-state index in [-0.39, 0.29) is 22.9 Å². The number of methoxy groups -OCH3 is 1. The molecule has 0 aliphatic heterocycles. The van der Waals surface area contributed by atoms with Crippen LogP contribution < -0.4 is 20.5 Å². The number of hydrogen-bond donors (Lipinski definition) is 3. The van der Waals surface area contributed by atoms with Gasteiger partial charge in [0.1, 0.15) is 0 Å². The lowest BCUT2D eigenvalue weighted by Gasteiger charge is -2.15. The molecule has 2 rings (SSSR count). The number of aromatic carboxylic acids is 1. The predicted molar refractivity (Wildman–Crippen MR) is 98.2 cm³/mol. The van der Waals surface area contributed by atoms with Gasteiger partial charge in [-0.3, -0.25) is 4.79 Å². The van der Waals surface area contributed by atoms with Gasteiger partial charge in [0.15, 0.2) is 18.1 Å². The van der Waals surface area contributed by atoms with Gasteiger partial charge in [0.05, 0.1) is 17.7 Å². The number of amides is 1. The van der Waals surface area contributed by atoms with E-state index in [2.05, 4.69) is 5.32 Å². The Labute approximate surface area is 155 Å². The Hall–Kier alpha value is -2.93. The van der Waals surface area contributed by atoms with Crippen molar-refractivity contribution in [2.24, 2.45) is 5.73 Å². The first-order valence-corrected chi connectivity index (χ1v) is 8.05. The van der Waals surface area contributed by atoms with Crippen molar-refractivity contribution in [1.29, 1.82) is 0 Å². The van der Waals surface area contributed by atoms with E-state index < -0.39 is 11.9 Å². The topological polar surface area (TPSA) is 111 Å². The molecule has 0 heterocycles. The van der Waals surface area contributed by atoms with Crippen LogP contribution in [0.2, 0.25) is 5.02 Å². The van der Waals surface area contributed by atoms with E-state index in [9.17, 15) is 9.59 Å². The molecule has 2 aromatic rings. The summed E-state index contributed by atoms with van der Waals surface area (Å²) in [5.74, 6) is -1.01. The Kier molecular flexibility index (Phi) is 6.30. The molecular weight excluding hydrogens is 360 g/mol. The number of carboxylic acid groups (broad SMARTS) is 1. The van der Waals surface area contributed by atoms with Crippen molar-refractivity contribution in [3.63, 3.8) is 0 Å². The number of primary amides is 1. The number of carbonyl (C=O) groups is 2. The summed E-state index contributed by atoms with van der Waals surface area (Å²) in [5.41, 5.74) is 7.67. The minimum absolute atomic E-state index is 0.198. The predicted octanol–water partition coefficient (Wildman–Crippen LogP) is 2.83. The van der Waals surface area contributed by atoms with E-state index in [0.29, 0.717) is 18.0 Å². The first-order valence-electron chi connectivity index (χ1n) is 7.67. The molecular formula is C18H19ClN2O5. The smallest absolute Gasteiger partial charge is 0.335 e. The monoisotopic (exact) mass is 378 g/mol. The summed E-state index contributed by atoms with van der Waals surface area (Å²) in [5, 5.41) is 12.6. The fraction of sp³-hybridized carbons (Fsp3) is 0.222. The number of halogens is 1. The SMILES string of the molecule is COc1cc(CNc2cc(C(=O)O)ccc2C)cc(Cl)c1OCC(N)=O. The Morgan fingerprint density at radius 1 is 1.27 bits per heavy atom. The third-order valence-corrected chi connectivity index (χ3v) is 3.90. The van der Waals surface area contributed by atoms with Crippen LogP contribution in [0.15, 0.2) is 30.3 Å². The molecule has 0 aromatic heterocycles. The molecule has 0 radical (unpaired) electrons. The van der Waals surface area contributed by atoms with Crippen LogP contribution in [-0.4, -0.2) is 30.7 Å². The second-order valence-corrected chi connectivity index (χ2v) is 5.96. The highest BCUT2D eigenvalue weighted by atomic mass is 35.5. The first kappa shape index (κ1) is 19.4. The van der Waals surface area contributed by atoms with Gasteiger partial charge in [0.2, 0.25) is 0 Å². The number of nitrogens with one attached hydrogen (secondary N) is 1. The van der Waals surface area contributed by atoms with Crippen LogP contribution in [0.3, 0.4) is 0 Å². The van der Waals surface area contributed by atoms with Crippen LogP contribution in [0.1, 0.15) is 21.5 Å². The average Bonchev–Trinajstić information content (AvgIpc) is 2.59. The number of hydrogen-bond acceptors (Lipinski definition) is 5. The molecule has 2 aromatic carbocycles. The zero-order valence-electron chi connectivity index (χ0n) is 14.3. The van der Waals surface area contributed by atoms with Crippen molar-refractivity contribution < 1.29 is 24.2 Å². The molecule has 26 heavy (non-hydrogen) atoms. The maximum absolute atomic E-state index is 11.1. The molecule has 0 atom stereocenters. The minimum Gasteiger partial charge on any atom is -0.493 e. The lowest BCUT2D eigenvalue weighted by Crippen LogP contribution is -2.20. The fourth-order valence-corrected chi connectivity index (χ4v) is 2.59. The third kappa shape index (κ3) is 4.80. The average molecular weight is 379 g/mol. The van der Waals surface area contributed by atoms with Gasteiger partial charge in [-0.25, -0.2) is 4.79 Å². The van der Waals surface area contributed by atoms with E-state index in [4.69, 9.17) is 31.9 Å². The van der Waals surface area contributed by atoms with Crippen LogP contribution >= 0.6 is 11.6 Å². The summed E-state index contributed by atoms with van der Waals surface area (Å²) >= 11 is 6.21. The van der Waals surface area contributed by atoms with E-state index in [1.165, 1.54) is 7.11 Å². The van der Waals surface area contributed by atoms with Crippen LogP contribution in [0.5, 0.6) is 11.5 Å². The zero-order valence-corrected chi connectivity index (χ0v) is 15.1. The van der Waals surface area contributed by atoms with Gasteiger partial charge in [0.25, 0.3) is 5.91 Å². The molecule has 0 saturated carbocycles. The largest absolute Gasteiger partial charge is 0.493 e. The molecule has 7 nitrogen and oxygen atoms in total. The Morgan fingerprint density at radius 2 is 2.00 bits per heavy atom. The summed E-state index contributed by atoms with van der Waals surface area (Å²) in [4.78, 5) is 22.0. The minimum atomic E-state index is -0.992. The summed E-state index contributed by atoms with van der Waals surface area (Å²) in [6.07, 6.45) is 0. The zero-order chi connectivity index (χ0) is 19.3. The quantitative estimate of drug-likeness (QED) is 0.651. The number of aryl methyl sites for hydroxylation is 1. The highest BCUT2D eigenvalue weighted by molar-refractivity contribution is 6.32. The molecule has 0 saturated heterocycles. The van der Waals surface area contributed by atoms with Gasteiger partial charge < -0.3 is 25.6 Å². The van der Waals surface area contributed by atoms with Crippen molar-refractivity contribution in [1.82, 2.24) is 0 Å². The molecule has 8 heteroatoms. The van der Waals surface area contributed by atoms with Crippen LogP contribution in [-0.2, 0) is 11.3 Å². The van der Waals surface area contributed by atoms with Crippen molar-refractivity contribution in [2.75, 3.05) is 19.0 Å². The number of nitrogens with two attached hydrogens (primary N) is 1. The highest BCUT2D eigenvalue weighted by Gasteiger charge is 2.13. The lowest BCUT2D eigenvalue weighted by molar-refractivity contribution is -0.119. The summed E-state index contributed by atoms with van der Waals surface area (Å²) < 4.78 is 10.5. The van der Waals surface area contributed by atoms with E-state index in [1.54, 1.807) is 30.3 Å². The van der Waals surface area contributed by atoms with Crippen molar-refractivity contribution in [3.8, 4) is 11.5 Å². The Balaban J connectivity index is 2.20. The van der Waals surface area contributed by atoms with E-state index >= 15 is 0 Å². The van der Waals surface area contributed by atoms with Gasteiger partial charge in [-0.15, -0.1) is 0 Å². The van der Waals surface area contributed by atoms with Gasteiger partial charge in [0, 0.05) is 12.2 Å². The molecule has 0 spiro atoms. The number of ether oxygens (including phenoxy) is 2. The number of rotatable bonds is 8. The van der Waals surface area contributed by atoms with Crippen molar-refractivity contribution in [2.45, 2.75) is 13.5 Å². The Bertz CT molecular complexity index is 839. The van der Waals surface area contributed by atoms with Crippen LogP contribution in [0.25, 0.3) is 0 Å². The summed E-state index contributed by atoms with van der Waals surface area (Å²) in [6, 6.07) is 8.24. The molecule has 0 fully saturated rings. The third-order valence-electron chi connectivity index (χ3n) is 3.62. The maximum atomic E-state index is 11.1. The maximum Gasteiger partial charge on any atom is 0.335 e. The first-order chi connectivity index (χ1) is 12.3. The number of carboxylic acids is 1. The van der Waals surface area contributed by atoms with Gasteiger partial charge >= 0.3 is 5.97 Å². The lowest BCUT2D eigenvalue weighted by atomic mass is 10.1. The summed E-state index contributed by atoms with van der Waals surface area (Å²) in [7, 11) is 1.46. The molecule has 0 unspecified atom stereocenters. The number of anilines is 1. The van der Waals surface area contributed by atoms with Gasteiger partial charge in [-0.05, 0) is 42.3 Å². The standard InChI is InChI=1S/C18H19ClN2O5/c1-10-3-4-12(18(23)24)7-14(10)21-8-11-5-13(19)17(15(6-11)25-2)26-9-16(20)22/h3-7,21H,8-9H2,1-2H3,(H2,20,22)(H,23,24). The second kappa shape index (κ2) is 8.44. The van der Waals surface area contributed by atoms with E-state index in [1.807, 2.05) is 6.92 Å². The highest BCUT2D eigenvalue weighted by Crippen LogP contribution is 2.36. The van der Waals surface area contributed by atoms with E-state index in [0.717, 1.165) is 11.1 Å². The second-order valence-electron chi connectivity index (χ2n) is 5.55. The molecule has 0 bridgehead atoms. The Morgan fingerprint density at radius 3 is 2.62 bits per heavy atom. The van der Waals surface area contributed by atoms with Crippen LogP contribution in [0.4, 0.5) is 5.69 Å². The molecule has 0 aliphatic carbocycles. The molecule has 0 aliphatic rings. The van der Waals surface area contributed by atoms with Gasteiger partial charge in [-0.2, -0.15) is 0 Å². The molecule has 4 N–H and O–H groups in total. The fourth-order valence-electron chi connectivity index (χ4n) is 2.30. The molecule has 1 amide bonds. The van der Waals surface area contributed by atoms with Gasteiger partial charge in [-0.1, -0.05) is 17.7 Å². The molecule has 138 valence electrons. The summed E-state index contributed by atoms with van der Waals surface area (Å²) in [6.45, 7) is 1.95. The number of carbonyl (C=O) groups excluding carboxylic acids is 1. The number of benzene rings is 2.